The van der Waals surface area contributed by atoms with Gasteiger partial charge >= 0.3 is 0 Å². The van der Waals surface area contributed by atoms with Crippen molar-refractivity contribution < 1.29 is 4.74 Å². The van der Waals surface area contributed by atoms with E-state index in [4.69, 9.17) is 4.74 Å². The van der Waals surface area contributed by atoms with Crippen molar-refractivity contribution in [1.29, 1.82) is 0 Å². The topological polar surface area (TPSA) is 21.3 Å². The summed E-state index contributed by atoms with van der Waals surface area (Å²) in [6.45, 7) is 7.98. The van der Waals surface area contributed by atoms with Gasteiger partial charge in [0.1, 0.15) is 0 Å². The van der Waals surface area contributed by atoms with Crippen molar-refractivity contribution in [3.63, 3.8) is 0 Å². The lowest BCUT2D eigenvalue weighted by atomic mass is 9.76. The Kier molecular flexibility index (Phi) is 3.13. The Morgan fingerprint density at radius 1 is 1.36 bits per heavy atom. The van der Waals surface area contributed by atoms with Gasteiger partial charge in [0.05, 0.1) is 12.7 Å². The number of rotatable bonds is 2. The summed E-state index contributed by atoms with van der Waals surface area (Å²) in [6.07, 6.45) is 5.75. The van der Waals surface area contributed by atoms with Gasteiger partial charge in [0.25, 0.3) is 0 Å². The molecule has 0 radical (unpaired) electrons. The van der Waals surface area contributed by atoms with Crippen molar-refractivity contribution in [1.82, 2.24) is 5.32 Å². The van der Waals surface area contributed by atoms with E-state index in [9.17, 15) is 0 Å². The Morgan fingerprint density at radius 2 is 2.07 bits per heavy atom. The van der Waals surface area contributed by atoms with Crippen molar-refractivity contribution in [2.45, 2.75) is 45.6 Å². The van der Waals surface area contributed by atoms with Crippen LogP contribution in [-0.4, -0.2) is 25.8 Å². The van der Waals surface area contributed by atoms with Crippen LogP contribution in [0, 0.1) is 11.3 Å². The van der Waals surface area contributed by atoms with E-state index >= 15 is 0 Å². The first kappa shape index (κ1) is 10.4. The highest BCUT2D eigenvalue weighted by Gasteiger charge is 2.40. The second-order valence-corrected chi connectivity index (χ2v) is 5.52. The lowest BCUT2D eigenvalue weighted by Crippen LogP contribution is -2.37. The molecule has 0 amide bonds. The molecule has 0 aromatic heterocycles. The summed E-state index contributed by atoms with van der Waals surface area (Å²) >= 11 is 0. The molecule has 0 aromatic rings. The molecule has 14 heavy (non-hydrogen) atoms. The minimum atomic E-state index is 0.546. The van der Waals surface area contributed by atoms with Crippen LogP contribution in [0.1, 0.15) is 39.5 Å². The van der Waals surface area contributed by atoms with Gasteiger partial charge in [-0.25, -0.2) is 0 Å². The van der Waals surface area contributed by atoms with E-state index in [2.05, 4.69) is 19.2 Å². The van der Waals surface area contributed by atoms with E-state index in [1.807, 2.05) is 0 Å². The third-order valence-corrected chi connectivity index (χ3v) is 3.68. The Bertz CT molecular complexity index is 185. The van der Waals surface area contributed by atoms with Crippen molar-refractivity contribution in [3.05, 3.63) is 0 Å². The molecule has 0 saturated carbocycles. The van der Waals surface area contributed by atoms with Crippen LogP contribution < -0.4 is 5.32 Å². The molecule has 0 aromatic carbocycles. The van der Waals surface area contributed by atoms with Gasteiger partial charge in [-0.05, 0) is 50.1 Å². The van der Waals surface area contributed by atoms with Gasteiger partial charge in [-0.3, -0.25) is 0 Å². The zero-order chi connectivity index (χ0) is 10.0. The van der Waals surface area contributed by atoms with Crippen LogP contribution in [0.2, 0.25) is 0 Å². The SMILES string of the molecule is CC(C)CC1CC2(CCNCC2)CO1. The van der Waals surface area contributed by atoms with Crippen LogP contribution in [0.4, 0.5) is 0 Å². The predicted molar refractivity (Wildman–Crippen MR) is 58.3 cm³/mol. The normalized spacial score (nSPS) is 31.5. The Morgan fingerprint density at radius 3 is 2.71 bits per heavy atom. The number of hydrogen-bond donors (Lipinski definition) is 1. The first-order chi connectivity index (χ1) is 6.70. The van der Waals surface area contributed by atoms with E-state index in [0.717, 1.165) is 12.5 Å². The summed E-state index contributed by atoms with van der Waals surface area (Å²) in [5, 5.41) is 3.44. The fourth-order valence-electron chi connectivity index (χ4n) is 2.88. The maximum atomic E-state index is 5.93. The summed E-state index contributed by atoms with van der Waals surface area (Å²) < 4.78 is 5.93. The molecule has 1 spiro atoms. The minimum Gasteiger partial charge on any atom is -0.378 e. The van der Waals surface area contributed by atoms with Crippen LogP contribution in [-0.2, 0) is 4.74 Å². The average molecular weight is 197 g/mol. The molecule has 2 aliphatic heterocycles. The second kappa shape index (κ2) is 4.19. The largest absolute Gasteiger partial charge is 0.378 e. The van der Waals surface area contributed by atoms with E-state index in [0.29, 0.717) is 11.5 Å². The number of piperidine rings is 1. The lowest BCUT2D eigenvalue weighted by Gasteiger charge is -2.32. The standard InChI is InChI=1S/C12H23NO/c1-10(2)7-11-8-12(9-14-11)3-5-13-6-4-12/h10-11,13H,3-9H2,1-2H3. The second-order valence-electron chi connectivity index (χ2n) is 5.52. The maximum absolute atomic E-state index is 5.93. The van der Waals surface area contributed by atoms with Gasteiger partial charge in [0, 0.05) is 0 Å². The zero-order valence-electron chi connectivity index (χ0n) is 9.51. The summed E-state index contributed by atoms with van der Waals surface area (Å²) in [4.78, 5) is 0. The molecule has 1 unspecified atom stereocenters. The van der Waals surface area contributed by atoms with Crippen LogP contribution in [0.25, 0.3) is 0 Å². The van der Waals surface area contributed by atoms with Gasteiger partial charge in [0.15, 0.2) is 0 Å². The number of hydrogen-bond acceptors (Lipinski definition) is 2. The minimum absolute atomic E-state index is 0.546. The third-order valence-electron chi connectivity index (χ3n) is 3.68. The monoisotopic (exact) mass is 197 g/mol. The molecule has 82 valence electrons. The molecule has 0 bridgehead atoms. The predicted octanol–water partition coefficient (Wildman–Crippen LogP) is 2.19. The molecule has 1 atom stereocenters. The Balaban J connectivity index is 1.86. The first-order valence-electron chi connectivity index (χ1n) is 6.03. The van der Waals surface area contributed by atoms with Crippen LogP contribution in [0.3, 0.4) is 0 Å². The molecule has 2 heterocycles. The lowest BCUT2D eigenvalue weighted by molar-refractivity contribution is 0.0755. The van der Waals surface area contributed by atoms with Crippen LogP contribution >= 0.6 is 0 Å². The van der Waals surface area contributed by atoms with Crippen molar-refractivity contribution >= 4 is 0 Å². The maximum Gasteiger partial charge on any atom is 0.0584 e. The molecule has 0 aliphatic carbocycles. The summed E-state index contributed by atoms with van der Waals surface area (Å²) in [6, 6.07) is 0. The molecule has 2 fully saturated rings. The molecule has 2 rings (SSSR count). The number of ether oxygens (including phenoxy) is 1. The molecule has 2 nitrogen and oxygen atoms in total. The Hall–Kier alpha value is -0.0800. The first-order valence-corrected chi connectivity index (χ1v) is 6.03. The van der Waals surface area contributed by atoms with Crippen molar-refractivity contribution in [2.75, 3.05) is 19.7 Å². The van der Waals surface area contributed by atoms with Crippen molar-refractivity contribution in [3.8, 4) is 0 Å². The Labute approximate surface area is 87.4 Å². The fraction of sp³-hybridized carbons (Fsp3) is 1.00. The van der Waals surface area contributed by atoms with Crippen LogP contribution in [0.5, 0.6) is 0 Å². The highest BCUT2D eigenvalue weighted by molar-refractivity contribution is 4.91. The van der Waals surface area contributed by atoms with E-state index in [1.165, 1.54) is 38.8 Å². The molecule has 2 aliphatic rings. The summed E-state index contributed by atoms with van der Waals surface area (Å²) in [5.74, 6) is 0.775. The number of nitrogens with one attached hydrogen (secondary N) is 1. The smallest absolute Gasteiger partial charge is 0.0584 e. The summed E-state index contributed by atoms with van der Waals surface area (Å²) in [5.41, 5.74) is 0.546. The molecular formula is C12H23NO. The molecule has 2 saturated heterocycles. The van der Waals surface area contributed by atoms with Gasteiger partial charge in [-0.2, -0.15) is 0 Å². The van der Waals surface area contributed by atoms with E-state index < -0.39 is 0 Å². The quantitative estimate of drug-likeness (QED) is 0.732. The van der Waals surface area contributed by atoms with Gasteiger partial charge in [0.2, 0.25) is 0 Å². The van der Waals surface area contributed by atoms with Gasteiger partial charge in [-0.1, -0.05) is 13.8 Å². The highest BCUT2D eigenvalue weighted by atomic mass is 16.5. The summed E-state index contributed by atoms with van der Waals surface area (Å²) in [7, 11) is 0. The van der Waals surface area contributed by atoms with Gasteiger partial charge in [-0.15, -0.1) is 0 Å². The van der Waals surface area contributed by atoms with Gasteiger partial charge < -0.3 is 10.1 Å². The van der Waals surface area contributed by atoms with E-state index in [-0.39, 0.29) is 0 Å². The van der Waals surface area contributed by atoms with E-state index in [1.54, 1.807) is 0 Å². The highest BCUT2D eigenvalue weighted by Crippen LogP contribution is 2.41. The fourth-order valence-corrected chi connectivity index (χ4v) is 2.88. The molecule has 1 N–H and O–H groups in total. The van der Waals surface area contributed by atoms with Crippen molar-refractivity contribution in [2.24, 2.45) is 11.3 Å². The third kappa shape index (κ3) is 2.29. The average Bonchev–Trinajstić information content (AvgIpc) is 2.49. The zero-order valence-corrected chi connectivity index (χ0v) is 9.51. The molecular weight excluding hydrogens is 174 g/mol. The van der Waals surface area contributed by atoms with Crippen LogP contribution in [0.15, 0.2) is 0 Å². The molecule has 2 heteroatoms.